The number of morpholine rings is 1. The number of halogens is 1. The van der Waals surface area contributed by atoms with Crippen molar-refractivity contribution in [3.8, 4) is 5.75 Å². The quantitative estimate of drug-likeness (QED) is 0.490. The van der Waals surface area contributed by atoms with Gasteiger partial charge in [-0.1, -0.05) is 11.6 Å². The molecule has 0 radical (unpaired) electrons. The minimum absolute atomic E-state index is 0.171. The number of fused-ring (bicyclic) bond motifs is 1. The summed E-state index contributed by atoms with van der Waals surface area (Å²) in [4.78, 5) is 7.80. The second-order valence-corrected chi connectivity index (χ2v) is 9.29. The standard InChI is InChI=1S/C20H24ClN5O4S/c1-3-22-16-11-18(25-20-19(16)14(21)12-23-20)24-15-5-4-13(10-17(15)29-2)31(27,28)26-6-8-30-9-7-26/h4-5,10-12H,3,6-9H2,1-2H3,(H3,22,23,24,25). The van der Waals surface area contributed by atoms with E-state index < -0.39 is 10.0 Å². The number of aromatic nitrogens is 2. The average molecular weight is 466 g/mol. The lowest BCUT2D eigenvalue weighted by molar-refractivity contribution is 0.0730. The first-order valence-corrected chi connectivity index (χ1v) is 11.7. The molecule has 0 spiro atoms. The third-order valence-corrected chi connectivity index (χ3v) is 7.20. The summed E-state index contributed by atoms with van der Waals surface area (Å²) in [6, 6.07) is 6.60. The van der Waals surface area contributed by atoms with Crippen LogP contribution in [0.2, 0.25) is 5.02 Å². The second-order valence-electron chi connectivity index (χ2n) is 6.95. The number of ether oxygens (including phenoxy) is 2. The molecular formula is C20H24ClN5O4S. The molecule has 0 bridgehead atoms. The Hall–Kier alpha value is -2.53. The molecule has 31 heavy (non-hydrogen) atoms. The maximum Gasteiger partial charge on any atom is 0.243 e. The summed E-state index contributed by atoms with van der Waals surface area (Å²) in [6.45, 7) is 4.16. The molecule has 4 rings (SSSR count). The molecule has 9 nitrogen and oxygen atoms in total. The van der Waals surface area contributed by atoms with Crippen molar-refractivity contribution in [1.82, 2.24) is 14.3 Å². The SMILES string of the molecule is CCNc1cc(Nc2ccc(S(=O)(=O)N3CCOCC3)cc2OC)nc2[nH]cc(Cl)c12. The number of methoxy groups -OCH3 is 1. The summed E-state index contributed by atoms with van der Waals surface area (Å²) in [5.74, 6) is 0.954. The minimum atomic E-state index is -3.62. The third kappa shape index (κ3) is 4.29. The van der Waals surface area contributed by atoms with Crippen LogP contribution in [0, 0.1) is 0 Å². The number of anilines is 3. The fourth-order valence-electron chi connectivity index (χ4n) is 3.50. The third-order valence-electron chi connectivity index (χ3n) is 5.00. The molecule has 0 aliphatic carbocycles. The molecule has 3 N–H and O–H groups in total. The molecule has 166 valence electrons. The number of hydrogen-bond donors (Lipinski definition) is 3. The van der Waals surface area contributed by atoms with Gasteiger partial charge in [0.2, 0.25) is 10.0 Å². The van der Waals surface area contributed by atoms with Crippen LogP contribution < -0.4 is 15.4 Å². The Morgan fingerprint density at radius 3 is 2.74 bits per heavy atom. The largest absolute Gasteiger partial charge is 0.495 e. The van der Waals surface area contributed by atoms with Gasteiger partial charge in [0.1, 0.15) is 17.2 Å². The van der Waals surface area contributed by atoms with Gasteiger partial charge in [-0.05, 0) is 19.1 Å². The van der Waals surface area contributed by atoms with Crippen LogP contribution in [-0.4, -0.2) is 62.6 Å². The number of aromatic amines is 1. The van der Waals surface area contributed by atoms with Crippen LogP contribution in [0.15, 0.2) is 35.4 Å². The molecule has 1 aliphatic rings. The van der Waals surface area contributed by atoms with Crippen molar-refractivity contribution in [2.45, 2.75) is 11.8 Å². The van der Waals surface area contributed by atoms with Crippen molar-refractivity contribution < 1.29 is 17.9 Å². The lowest BCUT2D eigenvalue weighted by atomic mass is 10.2. The predicted molar refractivity (Wildman–Crippen MR) is 121 cm³/mol. The fourth-order valence-corrected chi connectivity index (χ4v) is 5.17. The highest BCUT2D eigenvalue weighted by Gasteiger charge is 2.27. The van der Waals surface area contributed by atoms with E-state index in [9.17, 15) is 8.42 Å². The first kappa shape index (κ1) is 21.7. The van der Waals surface area contributed by atoms with Crippen molar-refractivity contribution in [2.24, 2.45) is 0 Å². The average Bonchev–Trinajstić information content (AvgIpc) is 3.15. The van der Waals surface area contributed by atoms with E-state index in [-0.39, 0.29) is 4.90 Å². The van der Waals surface area contributed by atoms with Crippen molar-refractivity contribution in [3.63, 3.8) is 0 Å². The van der Waals surface area contributed by atoms with Gasteiger partial charge in [-0.25, -0.2) is 13.4 Å². The number of H-pyrrole nitrogens is 1. The number of benzene rings is 1. The Balaban J connectivity index is 1.66. The van der Waals surface area contributed by atoms with Gasteiger partial charge in [0.15, 0.2) is 0 Å². The number of hydrogen-bond acceptors (Lipinski definition) is 7. The zero-order valence-corrected chi connectivity index (χ0v) is 18.8. The van der Waals surface area contributed by atoms with E-state index in [0.717, 1.165) is 17.6 Å². The Morgan fingerprint density at radius 2 is 2.03 bits per heavy atom. The lowest BCUT2D eigenvalue weighted by Gasteiger charge is -2.26. The molecule has 3 aromatic rings. The summed E-state index contributed by atoms with van der Waals surface area (Å²) >= 11 is 6.28. The van der Waals surface area contributed by atoms with Crippen molar-refractivity contribution in [3.05, 3.63) is 35.5 Å². The molecule has 1 aliphatic heterocycles. The number of nitrogens with one attached hydrogen (secondary N) is 3. The molecule has 0 saturated carbocycles. The highest BCUT2D eigenvalue weighted by molar-refractivity contribution is 7.89. The van der Waals surface area contributed by atoms with Crippen molar-refractivity contribution in [2.75, 3.05) is 50.6 Å². The Kier molecular flexibility index (Phi) is 6.24. The van der Waals surface area contributed by atoms with Gasteiger partial charge in [-0.2, -0.15) is 4.31 Å². The van der Waals surface area contributed by atoms with Crippen LogP contribution in [0.4, 0.5) is 17.2 Å². The summed E-state index contributed by atoms with van der Waals surface area (Å²) in [5.41, 5.74) is 2.07. The van der Waals surface area contributed by atoms with Crippen LogP contribution in [0.25, 0.3) is 11.0 Å². The Morgan fingerprint density at radius 1 is 1.26 bits per heavy atom. The van der Waals surface area contributed by atoms with Crippen LogP contribution in [0.5, 0.6) is 5.75 Å². The summed E-state index contributed by atoms with van der Waals surface area (Å²) in [7, 11) is -2.13. The monoisotopic (exact) mass is 465 g/mol. The van der Waals surface area contributed by atoms with Gasteiger partial charge >= 0.3 is 0 Å². The molecule has 1 saturated heterocycles. The molecule has 1 fully saturated rings. The number of rotatable bonds is 7. The Labute approximate surface area is 185 Å². The first-order chi connectivity index (χ1) is 14.9. The van der Waals surface area contributed by atoms with Gasteiger partial charge in [-0.3, -0.25) is 0 Å². The number of nitrogens with zero attached hydrogens (tertiary/aromatic N) is 2. The molecule has 3 heterocycles. The van der Waals surface area contributed by atoms with Gasteiger partial charge in [0.05, 0.1) is 47.0 Å². The molecule has 1 aromatic carbocycles. The van der Waals surface area contributed by atoms with E-state index >= 15 is 0 Å². The number of pyridine rings is 1. The summed E-state index contributed by atoms with van der Waals surface area (Å²) in [6.07, 6.45) is 1.69. The van der Waals surface area contributed by atoms with Crippen LogP contribution in [0.1, 0.15) is 6.92 Å². The lowest BCUT2D eigenvalue weighted by Crippen LogP contribution is -2.40. The van der Waals surface area contributed by atoms with Crippen molar-refractivity contribution >= 4 is 49.9 Å². The van der Waals surface area contributed by atoms with E-state index in [0.29, 0.717) is 54.2 Å². The predicted octanol–water partition coefficient (Wildman–Crippen LogP) is 3.42. The Bertz CT molecular complexity index is 1190. The zero-order chi connectivity index (χ0) is 22.0. The summed E-state index contributed by atoms with van der Waals surface area (Å²) in [5, 5.41) is 7.90. The maximum absolute atomic E-state index is 12.9. The highest BCUT2D eigenvalue weighted by Crippen LogP contribution is 2.35. The van der Waals surface area contributed by atoms with Gasteiger partial charge < -0.3 is 25.1 Å². The van der Waals surface area contributed by atoms with Gasteiger partial charge in [0.25, 0.3) is 0 Å². The molecule has 0 unspecified atom stereocenters. The van der Waals surface area contributed by atoms with Crippen molar-refractivity contribution in [1.29, 1.82) is 0 Å². The zero-order valence-electron chi connectivity index (χ0n) is 17.2. The summed E-state index contributed by atoms with van der Waals surface area (Å²) < 4.78 is 38.0. The number of sulfonamides is 1. The van der Waals surface area contributed by atoms with Crippen LogP contribution >= 0.6 is 11.6 Å². The highest BCUT2D eigenvalue weighted by atomic mass is 35.5. The second kappa shape index (κ2) is 8.91. The van der Waals surface area contributed by atoms with Gasteiger partial charge in [0, 0.05) is 38.0 Å². The van der Waals surface area contributed by atoms with E-state index in [1.807, 2.05) is 13.0 Å². The molecule has 11 heteroatoms. The van der Waals surface area contributed by atoms with E-state index in [4.69, 9.17) is 21.1 Å². The topological polar surface area (TPSA) is 109 Å². The molecule has 2 aromatic heterocycles. The fraction of sp³-hybridized carbons (Fsp3) is 0.350. The van der Waals surface area contributed by atoms with E-state index in [2.05, 4.69) is 20.6 Å². The smallest absolute Gasteiger partial charge is 0.243 e. The first-order valence-electron chi connectivity index (χ1n) is 9.88. The van der Waals surface area contributed by atoms with E-state index in [1.54, 1.807) is 18.3 Å². The maximum atomic E-state index is 12.9. The van der Waals surface area contributed by atoms with Crippen LogP contribution in [-0.2, 0) is 14.8 Å². The van der Waals surface area contributed by atoms with Crippen LogP contribution in [0.3, 0.4) is 0 Å². The molecular weight excluding hydrogens is 442 g/mol. The molecule has 0 amide bonds. The molecule has 0 atom stereocenters. The normalized spacial score (nSPS) is 15.2. The van der Waals surface area contributed by atoms with Gasteiger partial charge in [-0.15, -0.1) is 0 Å². The van der Waals surface area contributed by atoms with E-state index in [1.165, 1.54) is 17.5 Å². The minimum Gasteiger partial charge on any atom is -0.495 e.